The average molecular weight is 255 g/mol. The lowest BCUT2D eigenvalue weighted by molar-refractivity contribution is 0.0635. The van der Waals surface area contributed by atoms with Gasteiger partial charge in [-0.15, -0.1) is 0 Å². The molecule has 5 heteroatoms. The second kappa shape index (κ2) is 5.31. The lowest BCUT2D eigenvalue weighted by atomic mass is 10.2. The van der Waals surface area contributed by atoms with Gasteiger partial charge in [-0.1, -0.05) is 6.07 Å². The number of carbonyl (C=O) groups excluding carboxylic acids is 1. The van der Waals surface area contributed by atoms with E-state index in [2.05, 4.69) is 17.9 Å². The molecule has 0 heterocycles. The van der Waals surface area contributed by atoms with Crippen molar-refractivity contribution in [2.75, 3.05) is 5.32 Å². The summed E-state index contributed by atoms with van der Waals surface area (Å²) in [5, 5.41) is 12.1. The Kier molecular flexibility index (Phi) is 4.28. The summed E-state index contributed by atoms with van der Waals surface area (Å²) in [6, 6.07) is 4.91. The molecule has 0 bridgehead atoms. The first kappa shape index (κ1) is 13.7. The Morgan fingerprint density at radius 2 is 2.12 bits per heavy atom. The summed E-state index contributed by atoms with van der Waals surface area (Å²) in [7, 11) is 0. The molecule has 0 atom stereocenters. The number of phenolic OH excluding ortho intramolecular Hbond substituents is 1. The van der Waals surface area contributed by atoms with Gasteiger partial charge in [0, 0.05) is 5.75 Å². The number of hydrogen-bond acceptors (Lipinski definition) is 4. The van der Waals surface area contributed by atoms with Crippen molar-refractivity contribution in [2.24, 2.45) is 0 Å². The Balaban J connectivity index is 2.77. The molecule has 0 aliphatic heterocycles. The second-order valence-corrected chi connectivity index (χ2v) is 4.95. The van der Waals surface area contributed by atoms with Crippen molar-refractivity contribution in [1.29, 1.82) is 0 Å². The third kappa shape index (κ3) is 4.56. The molecule has 1 rings (SSSR count). The number of ether oxygens (including phenoxy) is 1. The Morgan fingerprint density at radius 1 is 1.47 bits per heavy atom. The molecule has 0 saturated carbocycles. The Morgan fingerprint density at radius 3 is 2.65 bits per heavy atom. The van der Waals surface area contributed by atoms with Gasteiger partial charge < -0.3 is 9.84 Å². The summed E-state index contributed by atoms with van der Waals surface area (Å²) in [6.45, 7) is 5.32. The van der Waals surface area contributed by atoms with Crippen LogP contribution in [0.2, 0.25) is 0 Å². The normalized spacial score (nSPS) is 11.1. The lowest BCUT2D eigenvalue weighted by Crippen LogP contribution is -2.27. The van der Waals surface area contributed by atoms with Crippen LogP contribution in [0.25, 0.3) is 0 Å². The minimum absolute atomic E-state index is 0.00129. The fourth-order valence-electron chi connectivity index (χ4n) is 1.20. The second-order valence-electron chi connectivity index (χ2n) is 4.64. The molecule has 0 aliphatic rings. The molecular formula is C12H17NO3S. The van der Waals surface area contributed by atoms with Gasteiger partial charge in [0.1, 0.15) is 11.4 Å². The summed E-state index contributed by atoms with van der Waals surface area (Å²) in [5.74, 6) is 0.532. The number of rotatable bonds is 2. The molecule has 0 aromatic heterocycles. The molecule has 2 N–H and O–H groups in total. The van der Waals surface area contributed by atoms with Crippen LogP contribution in [0.4, 0.5) is 10.5 Å². The zero-order valence-electron chi connectivity index (χ0n) is 10.2. The smallest absolute Gasteiger partial charge is 0.412 e. The fraction of sp³-hybridized carbons (Fsp3) is 0.417. The largest absolute Gasteiger partial charge is 0.506 e. The van der Waals surface area contributed by atoms with Gasteiger partial charge in [-0.2, -0.15) is 12.6 Å². The number of aromatic hydroxyl groups is 1. The summed E-state index contributed by atoms with van der Waals surface area (Å²) in [6.07, 6.45) is -0.593. The number of hydrogen-bond donors (Lipinski definition) is 3. The van der Waals surface area contributed by atoms with Gasteiger partial charge in [-0.25, -0.2) is 4.79 Å². The Bertz CT molecular complexity index is 413. The van der Waals surface area contributed by atoms with Gasteiger partial charge in [0.05, 0.1) is 5.69 Å². The molecule has 17 heavy (non-hydrogen) atoms. The summed E-state index contributed by atoms with van der Waals surface area (Å²) in [4.78, 5) is 11.5. The highest BCUT2D eigenvalue weighted by molar-refractivity contribution is 7.79. The van der Waals surface area contributed by atoms with E-state index in [9.17, 15) is 9.90 Å². The first-order valence-electron chi connectivity index (χ1n) is 5.24. The van der Waals surface area contributed by atoms with E-state index in [0.717, 1.165) is 5.56 Å². The number of benzene rings is 1. The molecule has 0 aliphatic carbocycles. The molecule has 1 aromatic rings. The fourth-order valence-corrected chi connectivity index (χ4v) is 1.39. The van der Waals surface area contributed by atoms with Gasteiger partial charge >= 0.3 is 6.09 Å². The topological polar surface area (TPSA) is 58.6 Å². The lowest BCUT2D eigenvalue weighted by Gasteiger charge is -2.20. The van der Waals surface area contributed by atoms with Gasteiger partial charge in [-0.3, -0.25) is 5.32 Å². The molecule has 0 fully saturated rings. The molecule has 1 aromatic carbocycles. The molecule has 0 saturated heterocycles. The molecule has 4 nitrogen and oxygen atoms in total. The number of nitrogens with one attached hydrogen (secondary N) is 1. The van der Waals surface area contributed by atoms with E-state index in [1.165, 1.54) is 6.07 Å². The number of anilines is 1. The van der Waals surface area contributed by atoms with Crippen LogP contribution in [0.5, 0.6) is 5.75 Å². The van der Waals surface area contributed by atoms with E-state index < -0.39 is 11.7 Å². The van der Waals surface area contributed by atoms with Crippen molar-refractivity contribution in [3.8, 4) is 5.75 Å². The first-order chi connectivity index (χ1) is 7.81. The predicted octanol–water partition coefficient (Wildman–Crippen LogP) is 3.17. The first-order valence-corrected chi connectivity index (χ1v) is 5.88. The third-order valence-electron chi connectivity index (χ3n) is 1.88. The molecule has 0 unspecified atom stereocenters. The van der Waals surface area contributed by atoms with Crippen LogP contribution in [0, 0.1) is 0 Å². The zero-order valence-corrected chi connectivity index (χ0v) is 11.0. The highest BCUT2D eigenvalue weighted by Gasteiger charge is 2.17. The van der Waals surface area contributed by atoms with Crippen LogP contribution in [-0.4, -0.2) is 16.8 Å². The number of thiol groups is 1. The molecule has 1 amide bonds. The van der Waals surface area contributed by atoms with Crippen molar-refractivity contribution in [1.82, 2.24) is 0 Å². The maximum absolute atomic E-state index is 11.5. The van der Waals surface area contributed by atoms with Crippen LogP contribution in [0.1, 0.15) is 26.3 Å². The zero-order chi connectivity index (χ0) is 13.1. The standard InChI is InChI=1S/C12H17NO3S/c1-12(2,3)16-11(15)13-9-6-8(7-17)4-5-10(9)14/h4-6,14,17H,7H2,1-3H3,(H,13,15). The predicted molar refractivity (Wildman–Crippen MR) is 70.7 cm³/mol. The summed E-state index contributed by atoms with van der Waals surface area (Å²) < 4.78 is 5.09. The van der Waals surface area contributed by atoms with Crippen LogP contribution in [0.3, 0.4) is 0 Å². The Labute approximate surface area is 106 Å². The summed E-state index contributed by atoms with van der Waals surface area (Å²) >= 11 is 4.13. The van der Waals surface area contributed by atoms with Crippen molar-refractivity contribution >= 4 is 24.4 Å². The highest BCUT2D eigenvalue weighted by Crippen LogP contribution is 2.25. The van der Waals surface area contributed by atoms with Crippen LogP contribution >= 0.6 is 12.6 Å². The maximum Gasteiger partial charge on any atom is 0.412 e. The van der Waals surface area contributed by atoms with Gasteiger partial charge in [0.2, 0.25) is 0 Å². The van der Waals surface area contributed by atoms with Gasteiger partial charge in [0.15, 0.2) is 0 Å². The van der Waals surface area contributed by atoms with Crippen molar-refractivity contribution < 1.29 is 14.6 Å². The van der Waals surface area contributed by atoms with Crippen molar-refractivity contribution in [3.63, 3.8) is 0 Å². The molecular weight excluding hydrogens is 238 g/mol. The quantitative estimate of drug-likeness (QED) is 0.562. The van der Waals surface area contributed by atoms with Crippen LogP contribution in [0.15, 0.2) is 18.2 Å². The van der Waals surface area contributed by atoms with Crippen molar-refractivity contribution in [3.05, 3.63) is 23.8 Å². The van der Waals surface area contributed by atoms with E-state index in [1.807, 2.05) is 0 Å². The summed E-state index contributed by atoms with van der Waals surface area (Å²) in [5.41, 5.74) is 0.656. The van der Waals surface area contributed by atoms with Crippen molar-refractivity contribution in [2.45, 2.75) is 32.1 Å². The van der Waals surface area contributed by atoms with Crippen LogP contribution < -0.4 is 5.32 Å². The molecule has 0 spiro atoms. The minimum Gasteiger partial charge on any atom is -0.506 e. The van der Waals surface area contributed by atoms with E-state index in [0.29, 0.717) is 11.4 Å². The molecule has 0 radical (unpaired) electrons. The molecule has 94 valence electrons. The van der Waals surface area contributed by atoms with Crippen LogP contribution in [-0.2, 0) is 10.5 Å². The monoisotopic (exact) mass is 255 g/mol. The SMILES string of the molecule is CC(C)(C)OC(=O)Nc1cc(CS)ccc1O. The Hall–Kier alpha value is -1.36. The average Bonchev–Trinajstić information content (AvgIpc) is 2.18. The number of phenols is 1. The number of carbonyl (C=O) groups is 1. The van der Waals surface area contributed by atoms with E-state index in [4.69, 9.17) is 4.74 Å². The van der Waals surface area contributed by atoms with E-state index in [1.54, 1.807) is 32.9 Å². The van der Waals surface area contributed by atoms with Gasteiger partial charge in [0.25, 0.3) is 0 Å². The van der Waals surface area contributed by atoms with E-state index in [-0.39, 0.29) is 5.75 Å². The van der Waals surface area contributed by atoms with Gasteiger partial charge in [-0.05, 0) is 38.5 Å². The van der Waals surface area contributed by atoms with E-state index >= 15 is 0 Å². The minimum atomic E-state index is -0.593. The maximum atomic E-state index is 11.5. The highest BCUT2D eigenvalue weighted by atomic mass is 32.1. The number of amides is 1. The third-order valence-corrected chi connectivity index (χ3v) is 2.24.